The van der Waals surface area contributed by atoms with Gasteiger partial charge >= 0.3 is 0 Å². The number of carbonyl (C=O) groups excluding carboxylic acids is 2. The van der Waals surface area contributed by atoms with Crippen LogP contribution in [0.3, 0.4) is 0 Å². The minimum atomic E-state index is -1.18. The van der Waals surface area contributed by atoms with Crippen molar-refractivity contribution in [3.05, 3.63) is 100 Å². The van der Waals surface area contributed by atoms with Gasteiger partial charge in [0.05, 0.1) is 6.42 Å². The van der Waals surface area contributed by atoms with Crippen molar-refractivity contribution in [2.75, 3.05) is 10.2 Å². The molecule has 156 valence electrons. The SMILES string of the molecule is CC(=Cc1ccccc1)C1(C(=O)Nc2cccc(Cl)c2)CC(=O)N1c1cccc(Cl)c1. The Kier molecular flexibility index (Phi) is 5.86. The van der Waals surface area contributed by atoms with Crippen molar-refractivity contribution in [3.63, 3.8) is 0 Å². The largest absolute Gasteiger partial charge is 0.324 e. The standard InChI is InChI=1S/C25H20Cl2N2O2/c1-17(13-18-7-3-2-4-8-18)25(24(31)28-21-11-5-9-19(26)14-21)16-23(30)29(25)22-12-6-10-20(27)15-22/h2-15H,16H2,1H3,(H,28,31). The van der Waals surface area contributed by atoms with Gasteiger partial charge in [-0.05, 0) is 54.5 Å². The van der Waals surface area contributed by atoms with Crippen LogP contribution in [0.25, 0.3) is 6.08 Å². The molecule has 3 aromatic rings. The van der Waals surface area contributed by atoms with Crippen molar-refractivity contribution in [1.29, 1.82) is 0 Å². The fourth-order valence-electron chi connectivity index (χ4n) is 3.87. The van der Waals surface area contributed by atoms with Crippen LogP contribution in [0.5, 0.6) is 0 Å². The van der Waals surface area contributed by atoms with Gasteiger partial charge in [-0.1, -0.05) is 71.7 Å². The minimum Gasteiger partial charge on any atom is -0.324 e. The fraction of sp³-hybridized carbons (Fsp3) is 0.120. The first-order chi connectivity index (χ1) is 14.9. The average molecular weight is 451 g/mol. The molecule has 0 bridgehead atoms. The van der Waals surface area contributed by atoms with Gasteiger partial charge in [-0.2, -0.15) is 0 Å². The third-order valence-electron chi connectivity index (χ3n) is 5.40. The van der Waals surface area contributed by atoms with E-state index in [1.54, 1.807) is 48.5 Å². The minimum absolute atomic E-state index is 0.0566. The summed E-state index contributed by atoms with van der Waals surface area (Å²) >= 11 is 12.3. The van der Waals surface area contributed by atoms with Crippen LogP contribution >= 0.6 is 23.2 Å². The van der Waals surface area contributed by atoms with Crippen LogP contribution in [0.15, 0.2) is 84.4 Å². The van der Waals surface area contributed by atoms with E-state index in [1.165, 1.54) is 4.90 Å². The molecule has 0 spiro atoms. The maximum Gasteiger partial charge on any atom is 0.255 e. The number of benzene rings is 3. The smallest absolute Gasteiger partial charge is 0.255 e. The number of amides is 2. The first kappa shape index (κ1) is 21.2. The molecule has 0 aromatic heterocycles. The second-order valence-corrected chi connectivity index (χ2v) is 8.32. The molecule has 1 saturated heterocycles. The van der Waals surface area contributed by atoms with Crippen LogP contribution < -0.4 is 10.2 Å². The normalized spacial score (nSPS) is 18.5. The Balaban J connectivity index is 1.79. The number of rotatable bonds is 5. The highest BCUT2D eigenvalue weighted by molar-refractivity contribution is 6.31. The Morgan fingerprint density at radius 1 is 0.968 bits per heavy atom. The molecule has 4 nitrogen and oxygen atoms in total. The van der Waals surface area contributed by atoms with Crippen LogP contribution in [0, 0.1) is 0 Å². The molecule has 4 rings (SSSR count). The van der Waals surface area contributed by atoms with Crippen LogP contribution in [-0.2, 0) is 9.59 Å². The van der Waals surface area contributed by atoms with E-state index < -0.39 is 5.54 Å². The second kappa shape index (κ2) is 8.58. The summed E-state index contributed by atoms with van der Waals surface area (Å²) in [4.78, 5) is 28.0. The molecule has 0 saturated carbocycles. The lowest BCUT2D eigenvalue weighted by atomic mass is 9.75. The van der Waals surface area contributed by atoms with Gasteiger partial charge in [0.15, 0.2) is 5.54 Å². The molecule has 1 atom stereocenters. The lowest BCUT2D eigenvalue weighted by molar-refractivity contribution is -0.135. The van der Waals surface area contributed by atoms with Gasteiger partial charge in [0.25, 0.3) is 5.91 Å². The maximum atomic E-state index is 13.7. The zero-order valence-electron chi connectivity index (χ0n) is 16.8. The van der Waals surface area contributed by atoms with Crippen molar-refractivity contribution in [2.24, 2.45) is 0 Å². The van der Waals surface area contributed by atoms with Gasteiger partial charge in [0.1, 0.15) is 0 Å². The van der Waals surface area contributed by atoms with E-state index in [0.29, 0.717) is 21.4 Å². The van der Waals surface area contributed by atoms with E-state index in [4.69, 9.17) is 23.2 Å². The molecule has 2 amide bonds. The van der Waals surface area contributed by atoms with E-state index in [-0.39, 0.29) is 18.2 Å². The Morgan fingerprint density at radius 3 is 2.29 bits per heavy atom. The topological polar surface area (TPSA) is 49.4 Å². The molecule has 1 unspecified atom stereocenters. The number of halogens is 2. The first-order valence-electron chi connectivity index (χ1n) is 9.79. The summed E-state index contributed by atoms with van der Waals surface area (Å²) in [6.45, 7) is 1.87. The summed E-state index contributed by atoms with van der Waals surface area (Å²) in [5.74, 6) is -0.455. The highest BCUT2D eigenvalue weighted by atomic mass is 35.5. The quantitative estimate of drug-likeness (QED) is 0.469. The molecule has 1 heterocycles. The molecular formula is C25H20Cl2N2O2. The van der Waals surface area contributed by atoms with Crippen LogP contribution in [-0.4, -0.2) is 17.4 Å². The van der Waals surface area contributed by atoms with Gasteiger partial charge < -0.3 is 5.32 Å². The Morgan fingerprint density at radius 2 is 1.65 bits per heavy atom. The molecule has 6 heteroatoms. The lowest BCUT2D eigenvalue weighted by Crippen LogP contribution is -2.70. The number of hydrogen-bond donors (Lipinski definition) is 1. The molecule has 1 fully saturated rings. The second-order valence-electron chi connectivity index (χ2n) is 7.45. The summed E-state index contributed by atoms with van der Waals surface area (Å²) in [5, 5.41) is 3.94. The van der Waals surface area contributed by atoms with Crippen molar-refractivity contribution in [1.82, 2.24) is 0 Å². The predicted octanol–water partition coefficient (Wildman–Crippen LogP) is 6.21. The third-order valence-corrected chi connectivity index (χ3v) is 5.87. The van der Waals surface area contributed by atoms with Crippen molar-refractivity contribution in [2.45, 2.75) is 18.9 Å². The van der Waals surface area contributed by atoms with E-state index in [1.807, 2.05) is 43.3 Å². The highest BCUT2D eigenvalue weighted by Crippen LogP contribution is 2.44. The molecular weight excluding hydrogens is 431 g/mol. The highest BCUT2D eigenvalue weighted by Gasteiger charge is 2.58. The number of nitrogens with one attached hydrogen (secondary N) is 1. The van der Waals surface area contributed by atoms with Gasteiger partial charge in [0.2, 0.25) is 5.91 Å². The average Bonchev–Trinajstić information content (AvgIpc) is 2.72. The van der Waals surface area contributed by atoms with Gasteiger partial charge in [-0.3, -0.25) is 14.5 Å². The molecule has 31 heavy (non-hydrogen) atoms. The third kappa shape index (κ3) is 4.09. The van der Waals surface area contributed by atoms with Crippen molar-refractivity contribution in [3.8, 4) is 0 Å². The molecule has 1 N–H and O–H groups in total. The Bertz CT molecular complexity index is 1180. The van der Waals surface area contributed by atoms with Crippen LogP contribution in [0.4, 0.5) is 11.4 Å². The maximum absolute atomic E-state index is 13.7. The van der Waals surface area contributed by atoms with Crippen molar-refractivity contribution >= 4 is 52.5 Å². The molecule has 0 radical (unpaired) electrons. The monoisotopic (exact) mass is 450 g/mol. The lowest BCUT2D eigenvalue weighted by Gasteiger charge is -2.51. The van der Waals surface area contributed by atoms with E-state index in [2.05, 4.69) is 5.32 Å². The van der Waals surface area contributed by atoms with E-state index in [9.17, 15) is 9.59 Å². The number of β-lactam (4-membered cyclic amide) rings is 1. The summed E-state index contributed by atoms with van der Waals surface area (Å²) in [6, 6.07) is 23.6. The molecule has 3 aromatic carbocycles. The summed E-state index contributed by atoms with van der Waals surface area (Å²) in [7, 11) is 0. The Labute approximate surface area is 191 Å². The predicted molar refractivity (Wildman–Crippen MR) is 126 cm³/mol. The van der Waals surface area contributed by atoms with Gasteiger partial charge in [-0.15, -0.1) is 0 Å². The molecule has 1 aliphatic rings. The number of carbonyl (C=O) groups is 2. The first-order valence-corrected chi connectivity index (χ1v) is 10.6. The molecule has 1 aliphatic heterocycles. The number of anilines is 2. The van der Waals surface area contributed by atoms with Crippen LogP contribution in [0.1, 0.15) is 18.9 Å². The summed E-state index contributed by atoms with van der Waals surface area (Å²) < 4.78 is 0. The van der Waals surface area contributed by atoms with Crippen LogP contribution in [0.2, 0.25) is 10.0 Å². The Hall–Kier alpha value is -3.08. The van der Waals surface area contributed by atoms with E-state index >= 15 is 0 Å². The zero-order valence-corrected chi connectivity index (χ0v) is 18.3. The van der Waals surface area contributed by atoms with Gasteiger partial charge in [-0.25, -0.2) is 0 Å². The summed E-state index contributed by atoms with van der Waals surface area (Å²) in [5.41, 5.74) is 1.65. The van der Waals surface area contributed by atoms with Crippen molar-refractivity contribution < 1.29 is 9.59 Å². The number of nitrogens with zero attached hydrogens (tertiary/aromatic N) is 1. The van der Waals surface area contributed by atoms with Gasteiger partial charge in [0, 0.05) is 21.4 Å². The van der Waals surface area contributed by atoms with E-state index in [0.717, 1.165) is 11.1 Å². The zero-order chi connectivity index (χ0) is 22.0. The fourth-order valence-corrected chi connectivity index (χ4v) is 4.25. The summed E-state index contributed by atoms with van der Waals surface area (Å²) in [6.07, 6.45) is 1.99. The number of hydrogen-bond acceptors (Lipinski definition) is 2. The molecule has 0 aliphatic carbocycles.